The summed E-state index contributed by atoms with van der Waals surface area (Å²) in [6.45, 7) is 6.58. The summed E-state index contributed by atoms with van der Waals surface area (Å²) in [6, 6.07) is 15.8. The standard InChI is InChI=1S/C19H22BrN/c1-13-6-7-16(10-14(13)2)18-8-9-21-12-19(18)15-4-3-5-17(20)11-15/h3-7,10-11,18-19,21H,8-9,12H2,1-2H3. The summed E-state index contributed by atoms with van der Waals surface area (Å²) >= 11 is 3.61. The van der Waals surface area contributed by atoms with Crippen LogP contribution in [0.5, 0.6) is 0 Å². The second-order valence-electron chi connectivity index (χ2n) is 6.10. The van der Waals surface area contributed by atoms with E-state index in [9.17, 15) is 0 Å². The molecule has 1 fully saturated rings. The van der Waals surface area contributed by atoms with Crippen LogP contribution < -0.4 is 5.32 Å². The summed E-state index contributed by atoms with van der Waals surface area (Å²) < 4.78 is 1.17. The zero-order valence-corrected chi connectivity index (χ0v) is 14.3. The van der Waals surface area contributed by atoms with Gasteiger partial charge in [-0.3, -0.25) is 0 Å². The van der Waals surface area contributed by atoms with Gasteiger partial charge >= 0.3 is 0 Å². The Labute approximate surface area is 135 Å². The summed E-state index contributed by atoms with van der Waals surface area (Å²) in [7, 11) is 0. The molecule has 1 nitrogen and oxygen atoms in total. The molecule has 1 N–H and O–H groups in total. The molecule has 2 aromatic carbocycles. The Bertz CT molecular complexity index is 635. The van der Waals surface area contributed by atoms with Crippen LogP contribution in [-0.4, -0.2) is 13.1 Å². The number of rotatable bonds is 2. The molecule has 0 amide bonds. The first-order chi connectivity index (χ1) is 10.1. The number of halogens is 1. The van der Waals surface area contributed by atoms with Gasteiger partial charge < -0.3 is 5.32 Å². The zero-order valence-electron chi connectivity index (χ0n) is 12.7. The van der Waals surface area contributed by atoms with Gasteiger partial charge in [0.2, 0.25) is 0 Å². The number of nitrogens with one attached hydrogen (secondary N) is 1. The van der Waals surface area contributed by atoms with Crippen LogP contribution in [0.4, 0.5) is 0 Å². The van der Waals surface area contributed by atoms with Gasteiger partial charge in [0.25, 0.3) is 0 Å². The fraction of sp³-hybridized carbons (Fsp3) is 0.368. The van der Waals surface area contributed by atoms with E-state index in [1.807, 2.05) is 0 Å². The number of hydrogen-bond acceptors (Lipinski definition) is 1. The first-order valence-corrected chi connectivity index (χ1v) is 8.48. The van der Waals surface area contributed by atoms with Crippen molar-refractivity contribution < 1.29 is 0 Å². The van der Waals surface area contributed by atoms with Gasteiger partial charge in [0.15, 0.2) is 0 Å². The lowest BCUT2D eigenvalue weighted by atomic mass is 9.77. The zero-order chi connectivity index (χ0) is 14.8. The Hall–Kier alpha value is -1.12. The number of hydrogen-bond donors (Lipinski definition) is 1. The summed E-state index contributed by atoms with van der Waals surface area (Å²) in [4.78, 5) is 0. The van der Waals surface area contributed by atoms with E-state index in [4.69, 9.17) is 0 Å². The van der Waals surface area contributed by atoms with Crippen LogP contribution in [0.3, 0.4) is 0 Å². The van der Waals surface area contributed by atoms with E-state index >= 15 is 0 Å². The molecule has 2 aromatic rings. The van der Waals surface area contributed by atoms with E-state index in [1.165, 1.54) is 33.1 Å². The molecule has 2 atom stereocenters. The monoisotopic (exact) mass is 343 g/mol. The van der Waals surface area contributed by atoms with Crippen molar-refractivity contribution in [1.29, 1.82) is 0 Å². The van der Waals surface area contributed by atoms with Gasteiger partial charge in [0.05, 0.1) is 0 Å². The molecule has 110 valence electrons. The third-order valence-corrected chi connectivity index (χ3v) is 5.21. The minimum absolute atomic E-state index is 0.554. The Morgan fingerprint density at radius 3 is 2.52 bits per heavy atom. The van der Waals surface area contributed by atoms with Crippen LogP contribution in [0.2, 0.25) is 0 Å². The van der Waals surface area contributed by atoms with Crippen molar-refractivity contribution >= 4 is 15.9 Å². The van der Waals surface area contributed by atoms with E-state index in [2.05, 4.69) is 77.6 Å². The van der Waals surface area contributed by atoms with Gasteiger partial charge in [-0.2, -0.15) is 0 Å². The normalized spacial score (nSPS) is 22.2. The van der Waals surface area contributed by atoms with Crippen molar-refractivity contribution in [1.82, 2.24) is 5.32 Å². The maximum absolute atomic E-state index is 3.61. The summed E-state index contributed by atoms with van der Waals surface area (Å²) in [5, 5.41) is 3.56. The second-order valence-corrected chi connectivity index (χ2v) is 7.02. The van der Waals surface area contributed by atoms with Crippen molar-refractivity contribution in [3.05, 3.63) is 69.2 Å². The summed E-state index contributed by atoms with van der Waals surface area (Å²) in [5.41, 5.74) is 5.70. The first-order valence-electron chi connectivity index (χ1n) is 7.68. The van der Waals surface area contributed by atoms with E-state index in [0.717, 1.165) is 13.1 Å². The van der Waals surface area contributed by atoms with Crippen LogP contribution in [-0.2, 0) is 0 Å². The van der Waals surface area contributed by atoms with E-state index in [0.29, 0.717) is 11.8 Å². The number of benzene rings is 2. The van der Waals surface area contributed by atoms with Crippen LogP contribution in [0.15, 0.2) is 46.9 Å². The molecule has 2 heteroatoms. The highest BCUT2D eigenvalue weighted by Gasteiger charge is 2.27. The Balaban J connectivity index is 1.96. The minimum atomic E-state index is 0.554. The number of aryl methyl sites for hydroxylation is 2. The quantitative estimate of drug-likeness (QED) is 0.815. The van der Waals surface area contributed by atoms with Gasteiger partial charge in [-0.25, -0.2) is 0 Å². The van der Waals surface area contributed by atoms with Crippen molar-refractivity contribution in [2.75, 3.05) is 13.1 Å². The third kappa shape index (κ3) is 3.22. The molecular formula is C19H22BrN. The van der Waals surface area contributed by atoms with Crippen molar-refractivity contribution in [2.24, 2.45) is 0 Å². The van der Waals surface area contributed by atoms with E-state index < -0.39 is 0 Å². The first kappa shape index (κ1) is 14.8. The smallest absolute Gasteiger partial charge is 0.0178 e. The molecule has 0 aromatic heterocycles. The predicted molar refractivity (Wildman–Crippen MR) is 93.0 cm³/mol. The molecule has 2 unspecified atom stereocenters. The lowest BCUT2D eigenvalue weighted by molar-refractivity contribution is 0.404. The Morgan fingerprint density at radius 1 is 0.952 bits per heavy atom. The average molecular weight is 344 g/mol. The summed E-state index contributed by atoms with van der Waals surface area (Å²) in [5.74, 6) is 1.17. The molecule has 0 bridgehead atoms. The molecule has 0 aliphatic carbocycles. The molecule has 1 saturated heterocycles. The molecule has 21 heavy (non-hydrogen) atoms. The van der Waals surface area contributed by atoms with Gasteiger partial charge in [-0.15, -0.1) is 0 Å². The average Bonchev–Trinajstić information content (AvgIpc) is 2.50. The largest absolute Gasteiger partial charge is 0.316 e. The molecular weight excluding hydrogens is 322 g/mol. The topological polar surface area (TPSA) is 12.0 Å². The Kier molecular flexibility index (Phi) is 4.46. The maximum Gasteiger partial charge on any atom is 0.0178 e. The van der Waals surface area contributed by atoms with Crippen molar-refractivity contribution in [2.45, 2.75) is 32.1 Å². The lowest BCUT2D eigenvalue weighted by Gasteiger charge is -2.33. The van der Waals surface area contributed by atoms with Gasteiger partial charge in [-0.05, 0) is 67.1 Å². The highest BCUT2D eigenvalue weighted by molar-refractivity contribution is 9.10. The van der Waals surface area contributed by atoms with Gasteiger partial charge in [0.1, 0.15) is 0 Å². The van der Waals surface area contributed by atoms with Gasteiger partial charge in [-0.1, -0.05) is 46.3 Å². The van der Waals surface area contributed by atoms with E-state index in [1.54, 1.807) is 0 Å². The predicted octanol–water partition coefficient (Wildman–Crippen LogP) is 4.93. The molecule has 0 spiro atoms. The van der Waals surface area contributed by atoms with Crippen LogP contribution in [0.1, 0.15) is 40.5 Å². The molecule has 1 heterocycles. The third-order valence-electron chi connectivity index (χ3n) is 4.72. The van der Waals surface area contributed by atoms with Crippen LogP contribution in [0.25, 0.3) is 0 Å². The summed E-state index contributed by atoms with van der Waals surface area (Å²) in [6.07, 6.45) is 1.21. The maximum atomic E-state index is 3.61. The van der Waals surface area contributed by atoms with Crippen LogP contribution >= 0.6 is 15.9 Å². The highest BCUT2D eigenvalue weighted by Crippen LogP contribution is 2.38. The molecule has 0 radical (unpaired) electrons. The SMILES string of the molecule is Cc1ccc(C2CCNCC2c2cccc(Br)c2)cc1C. The second kappa shape index (κ2) is 6.33. The fourth-order valence-corrected chi connectivity index (χ4v) is 3.76. The Morgan fingerprint density at radius 2 is 1.76 bits per heavy atom. The van der Waals surface area contributed by atoms with Crippen LogP contribution in [0, 0.1) is 13.8 Å². The molecule has 1 aliphatic rings. The van der Waals surface area contributed by atoms with Crippen molar-refractivity contribution in [3.63, 3.8) is 0 Å². The van der Waals surface area contributed by atoms with E-state index in [-0.39, 0.29) is 0 Å². The van der Waals surface area contributed by atoms with Crippen molar-refractivity contribution in [3.8, 4) is 0 Å². The lowest BCUT2D eigenvalue weighted by Crippen LogP contribution is -2.34. The number of piperidine rings is 1. The molecule has 3 rings (SSSR count). The van der Waals surface area contributed by atoms with Gasteiger partial charge in [0, 0.05) is 16.9 Å². The molecule has 1 aliphatic heterocycles. The highest BCUT2D eigenvalue weighted by atomic mass is 79.9. The minimum Gasteiger partial charge on any atom is -0.316 e. The molecule has 0 saturated carbocycles. The fourth-order valence-electron chi connectivity index (χ4n) is 3.34.